The van der Waals surface area contributed by atoms with Crippen molar-refractivity contribution in [2.75, 3.05) is 0 Å². The number of aromatic hydroxyl groups is 1. The van der Waals surface area contributed by atoms with E-state index in [0.29, 0.717) is 5.56 Å². The van der Waals surface area contributed by atoms with E-state index in [1.54, 1.807) is 18.2 Å². The molecule has 0 radical (unpaired) electrons. The van der Waals surface area contributed by atoms with Gasteiger partial charge < -0.3 is 5.11 Å². The van der Waals surface area contributed by atoms with E-state index < -0.39 is 10.8 Å². The summed E-state index contributed by atoms with van der Waals surface area (Å²) in [7, 11) is 0. The average Bonchev–Trinajstić information content (AvgIpc) is 2.49. The average molecular weight is 320 g/mol. The molecule has 0 aliphatic rings. The van der Waals surface area contributed by atoms with Gasteiger partial charge in [-0.05, 0) is 24.3 Å². The number of para-hydroxylation sites is 1. The molecule has 2 rings (SSSR count). The maximum atomic E-state index is 11.9. The SMILES string of the molecule is O=C(N/N=C/c1ccccc1O)c1ccc(Cl)c([N+](=O)[O-])c1. The van der Waals surface area contributed by atoms with Crippen LogP contribution in [0, 0.1) is 10.1 Å². The van der Waals surface area contributed by atoms with Crippen molar-refractivity contribution in [3.8, 4) is 5.75 Å². The molecule has 22 heavy (non-hydrogen) atoms. The maximum Gasteiger partial charge on any atom is 0.288 e. The van der Waals surface area contributed by atoms with Crippen LogP contribution in [0.1, 0.15) is 15.9 Å². The van der Waals surface area contributed by atoms with Crippen LogP contribution in [-0.4, -0.2) is 22.2 Å². The Hall–Kier alpha value is -2.93. The van der Waals surface area contributed by atoms with Gasteiger partial charge in [0.1, 0.15) is 10.8 Å². The summed E-state index contributed by atoms with van der Waals surface area (Å²) < 4.78 is 0. The number of rotatable bonds is 4. The fraction of sp³-hybridized carbons (Fsp3) is 0. The maximum absolute atomic E-state index is 11.9. The first-order chi connectivity index (χ1) is 10.5. The fourth-order valence-corrected chi connectivity index (χ4v) is 1.80. The second kappa shape index (κ2) is 6.68. The van der Waals surface area contributed by atoms with E-state index >= 15 is 0 Å². The lowest BCUT2D eigenvalue weighted by Crippen LogP contribution is -2.17. The van der Waals surface area contributed by atoms with Gasteiger partial charge in [-0.15, -0.1) is 0 Å². The number of nitro benzene ring substituents is 1. The van der Waals surface area contributed by atoms with Gasteiger partial charge in [-0.2, -0.15) is 5.10 Å². The predicted molar refractivity (Wildman–Crippen MR) is 81.3 cm³/mol. The third kappa shape index (κ3) is 3.58. The highest BCUT2D eigenvalue weighted by atomic mass is 35.5. The van der Waals surface area contributed by atoms with Crippen molar-refractivity contribution in [2.24, 2.45) is 5.10 Å². The number of hydrazone groups is 1. The molecule has 0 spiro atoms. The molecule has 112 valence electrons. The molecule has 0 aliphatic heterocycles. The van der Waals surface area contributed by atoms with E-state index in [0.717, 1.165) is 6.07 Å². The van der Waals surface area contributed by atoms with Crippen LogP contribution in [0.15, 0.2) is 47.6 Å². The number of hydrogen-bond donors (Lipinski definition) is 2. The first-order valence-corrected chi connectivity index (χ1v) is 6.42. The Bertz CT molecular complexity index is 762. The molecule has 0 heterocycles. The summed E-state index contributed by atoms with van der Waals surface area (Å²) in [6, 6.07) is 10.1. The minimum atomic E-state index is -0.676. The molecule has 0 atom stereocenters. The van der Waals surface area contributed by atoms with Crippen molar-refractivity contribution in [2.45, 2.75) is 0 Å². The van der Waals surface area contributed by atoms with Crippen LogP contribution in [0.2, 0.25) is 5.02 Å². The predicted octanol–water partition coefficient (Wildman–Crippen LogP) is 2.72. The Labute approximate surface area is 130 Å². The van der Waals surface area contributed by atoms with Gasteiger partial charge in [-0.3, -0.25) is 14.9 Å². The summed E-state index contributed by atoms with van der Waals surface area (Å²) in [6.07, 6.45) is 1.26. The lowest BCUT2D eigenvalue weighted by molar-refractivity contribution is -0.384. The number of hydrogen-bond acceptors (Lipinski definition) is 5. The molecule has 0 aliphatic carbocycles. The first-order valence-electron chi connectivity index (χ1n) is 6.04. The molecule has 0 saturated heterocycles. The second-order valence-electron chi connectivity index (χ2n) is 4.18. The Morgan fingerprint density at radius 2 is 2.05 bits per heavy atom. The summed E-state index contributed by atoms with van der Waals surface area (Å²) in [5.74, 6) is -0.617. The summed E-state index contributed by atoms with van der Waals surface area (Å²) in [6.45, 7) is 0. The highest BCUT2D eigenvalue weighted by Crippen LogP contribution is 2.24. The van der Waals surface area contributed by atoms with Crippen molar-refractivity contribution in [3.05, 3.63) is 68.7 Å². The van der Waals surface area contributed by atoms with Crippen molar-refractivity contribution < 1.29 is 14.8 Å². The van der Waals surface area contributed by atoms with Crippen LogP contribution in [0.5, 0.6) is 5.75 Å². The van der Waals surface area contributed by atoms with Crippen LogP contribution in [0.4, 0.5) is 5.69 Å². The van der Waals surface area contributed by atoms with Crippen molar-refractivity contribution in [1.29, 1.82) is 0 Å². The number of phenols is 1. The first kappa shape index (κ1) is 15.5. The number of carbonyl (C=O) groups is 1. The van der Waals surface area contributed by atoms with E-state index in [9.17, 15) is 20.0 Å². The highest BCUT2D eigenvalue weighted by molar-refractivity contribution is 6.32. The number of benzene rings is 2. The number of halogens is 1. The smallest absolute Gasteiger partial charge is 0.288 e. The standard InChI is InChI=1S/C14H10ClN3O4/c15-11-6-5-9(7-12(11)18(21)22)14(20)17-16-8-10-3-1-2-4-13(10)19/h1-8,19H,(H,17,20)/b16-8+. The van der Waals surface area contributed by atoms with Crippen molar-refractivity contribution in [3.63, 3.8) is 0 Å². The van der Waals surface area contributed by atoms with E-state index in [-0.39, 0.29) is 22.0 Å². The quantitative estimate of drug-likeness (QED) is 0.513. The van der Waals surface area contributed by atoms with Gasteiger partial charge >= 0.3 is 0 Å². The lowest BCUT2D eigenvalue weighted by Gasteiger charge is -2.01. The van der Waals surface area contributed by atoms with Gasteiger partial charge in [0.15, 0.2) is 0 Å². The Balaban J connectivity index is 2.12. The number of phenolic OH excluding ortho intramolecular Hbond substituents is 1. The van der Waals surface area contributed by atoms with E-state index in [1.165, 1.54) is 24.4 Å². The number of nitro groups is 1. The molecule has 2 N–H and O–H groups in total. The zero-order valence-electron chi connectivity index (χ0n) is 11.1. The molecule has 8 heteroatoms. The molecular formula is C14H10ClN3O4. The number of carbonyl (C=O) groups excluding carboxylic acids is 1. The third-order valence-corrected chi connectivity index (χ3v) is 3.03. The van der Waals surface area contributed by atoms with Crippen molar-refractivity contribution in [1.82, 2.24) is 5.43 Å². The molecule has 7 nitrogen and oxygen atoms in total. The third-order valence-electron chi connectivity index (χ3n) is 2.71. The van der Waals surface area contributed by atoms with Crippen LogP contribution in [-0.2, 0) is 0 Å². The van der Waals surface area contributed by atoms with E-state index in [4.69, 9.17) is 11.6 Å². The Morgan fingerprint density at radius 1 is 1.32 bits per heavy atom. The zero-order chi connectivity index (χ0) is 16.1. The number of amides is 1. The van der Waals surface area contributed by atoms with Gasteiger partial charge in [-0.25, -0.2) is 5.43 Å². The van der Waals surface area contributed by atoms with Gasteiger partial charge in [0.2, 0.25) is 0 Å². The lowest BCUT2D eigenvalue weighted by atomic mass is 10.2. The molecule has 1 amide bonds. The van der Waals surface area contributed by atoms with Gasteiger partial charge in [0, 0.05) is 17.2 Å². The molecule has 0 aromatic heterocycles. The number of nitrogens with one attached hydrogen (secondary N) is 1. The van der Waals surface area contributed by atoms with E-state index in [2.05, 4.69) is 10.5 Å². The molecule has 2 aromatic carbocycles. The Kier molecular flexibility index (Phi) is 4.70. The summed E-state index contributed by atoms with van der Waals surface area (Å²) in [4.78, 5) is 21.9. The highest BCUT2D eigenvalue weighted by Gasteiger charge is 2.15. The topological polar surface area (TPSA) is 105 Å². The minimum Gasteiger partial charge on any atom is -0.507 e. The largest absolute Gasteiger partial charge is 0.507 e. The van der Waals surface area contributed by atoms with Crippen molar-refractivity contribution >= 4 is 29.4 Å². The zero-order valence-corrected chi connectivity index (χ0v) is 11.8. The van der Waals surface area contributed by atoms with Gasteiger partial charge in [-0.1, -0.05) is 23.7 Å². The summed E-state index contributed by atoms with van der Waals surface area (Å²) >= 11 is 5.67. The fourth-order valence-electron chi connectivity index (χ4n) is 1.62. The molecule has 0 bridgehead atoms. The molecule has 2 aromatic rings. The minimum absolute atomic E-state index is 0.0163. The Morgan fingerprint density at radius 3 is 2.73 bits per heavy atom. The summed E-state index contributed by atoms with van der Waals surface area (Å²) in [5, 5.41) is 23.9. The van der Waals surface area contributed by atoms with E-state index in [1.807, 2.05) is 0 Å². The molecule has 0 unspecified atom stereocenters. The van der Waals surface area contributed by atoms with Crippen LogP contribution in [0.25, 0.3) is 0 Å². The normalized spacial score (nSPS) is 10.6. The monoisotopic (exact) mass is 319 g/mol. The molecular weight excluding hydrogens is 310 g/mol. The van der Waals surface area contributed by atoms with Crippen LogP contribution >= 0.6 is 11.6 Å². The van der Waals surface area contributed by atoms with Gasteiger partial charge in [0.05, 0.1) is 11.1 Å². The molecule has 0 saturated carbocycles. The second-order valence-corrected chi connectivity index (χ2v) is 4.59. The van der Waals surface area contributed by atoms with Crippen LogP contribution < -0.4 is 5.43 Å². The molecule has 0 fully saturated rings. The summed E-state index contributed by atoms with van der Waals surface area (Å²) in [5.41, 5.74) is 2.32. The van der Waals surface area contributed by atoms with Crippen LogP contribution in [0.3, 0.4) is 0 Å². The number of nitrogens with zero attached hydrogens (tertiary/aromatic N) is 2. The van der Waals surface area contributed by atoms with Gasteiger partial charge in [0.25, 0.3) is 11.6 Å².